The Labute approximate surface area is 154 Å². The number of aryl methyl sites for hydroxylation is 2. The highest BCUT2D eigenvalue weighted by molar-refractivity contribution is 5.85. The van der Waals surface area contributed by atoms with Gasteiger partial charge in [-0.05, 0) is 29.8 Å². The maximum atomic E-state index is 4.69. The Bertz CT molecular complexity index is 1320. The lowest BCUT2D eigenvalue weighted by molar-refractivity contribution is 0.768. The van der Waals surface area contributed by atoms with Crippen molar-refractivity contribution in [3.05, 3.63) is 66.9 Å². The normalized spacial score (nSPS) is 11.5. The second-order valence-corrected chi connectivity index (χ2v) is 6.47. The average molecular weight is 356 g/mol. The van der Waals surface area contributed by atoms with Crippen LogP contribution in [-0.4, -0.2) is 39.4 Å². The van der Waals surface area contributed by atoms with Crippen molar-refractivity contribution in [3.63, 3.8) is 0 Å². The summed E-state index contributed by atoms with van der Waals surface area (Å²) in [7, 11) is 3.78. The van der Waals surface area contributed by atoms with E-state index in [0.29, 0.717) is 11.5 Å². The lowest BCUT2D eigenvalue weighted by Gasteiger charge is -2.05. The Balaban J connectivity index is 1.61. The van der Waals surface area contributed by atoms with Crippen LogP contribution in [0.25, 0.3) is 33.4 Å². The minimum Gasteiger partial charge on any atom is -0.275 e. The Morgan fingerprint density at radius 3 is 2.67 bits per heavy atom. The quantitative estimate of drug-likeness (QED) is 0.496. The van der Waals surface area contributed by atoms with E-state index in [2.05, 4.69) is 33.0 Å². The van der Waals surface area contributed by atoms with Gasteiger partial charge in [0, 0.05) is 43.0 Å². The van der Waals surface area contributed by atoms with Crippen LogP contribution in [-0.2, 0) is 14.1 Å². The molecule has 0 saturated carbocycles. The van der Waals surface area contributed by atoms with E-state index >= 15 is 0 Å². The van der Waals surface area contributed by atoms with E-state index < -0.39 is 0 Å². The average Bonchev–Trinajstić information content (AvgIpc) is 3.36. The second-order valence-electron chi connectivity index (χ2n) is 6.47. The Hall–Kier alpha value is -3.81. The Morgan fingerprint density at radius 1 is 0.963 bits per heavy atom. The number of aromatic nitrogens is 8. The summed E-state index contributed by atoms with van der Waals surface area (Å²) in [5, 5.41) is 22.9. The third kappa shape index (κ3) is 2.50. The van der Waals surface area contributed by atoms with E-state index in [1.54, 1.807) is 20.1 Å². The smallest absolute Gasteiger partial charge is 0.185 e. The van der Waals surface area contributed by atoms with Gasteiger partial charge in [0.25, 0.3) is 0 Å². The third-order valence-electron chi connectivity index (χ3n) is 4.50. The molecule has 0 saturated heterocycles. The molecule has 0 amide bonds. The molecule has 132 valence electrons. The van der Waals surface area contributed by atoms with Crippen molar-refractivity contribution < 1.29 is 0 Å². The van der Waals surface area contributed by atoms with Crippen molar-refractivity contribution in [2.75, 3.05) is 0 Å². The van der Waals surface area contributed by atoms with Gasteiger partial charge in [0.2, 0.25) is 0 Å². The first-order valence-electron chi connectivity index (χ1n) is 8.43. The summed E-state index contributed by atoms with van der Waals surface area (Å²) in [6.45, 7) is 4.23. The molecule has 8 heteroatoms. The van der Waals surface area contributed by atoms with Gasteiger partial charge in [0.05, 0.1) is 17.4 Å². The maximum absolute atomic E-state index is 4.69. The van der Waals surface area contributed by atoms with Crippen LogP contribution in [0.15, 0.2) is 55.5 Å². The number of hydrogen-bond acceptors (Lipinski definition) is 5. The maximum Gasteiger partial charge on any atom is 0.185 e. The van der Waals surface area contributed by atoms with E-state index in [4.69, 9.17) is 5.10 Å². The van der Waals surface area contributed by atoms with Gasteiger partial charge in [-0.3, -0.25) is 9.36 Å². The standard InChI is InChI=1S/C19H16N8/c1-12(13-4-5-16-14(8-13)10-26(3)23-16)19-22-21-18-7-6-17(24-27(18)19)15-9-20-25(2)11-15/h4-11H,1H2,2-3H3. The van der Waals surface area contributed by atoms with Crippen LogP contribution < -0.4 is 0 Å². The number of benzene rings is 1. The number of hydrogen-bond donors (Lipinski definition) is 0. The SMILES string of the molecule is C=C(c1ccc2nn(C)cc2c1)c1nnc2ccc(-c3cnn(C)c3)nn12. The highest BCUT2D eigenvalue weighted by Crippen LogP contribution is 2.25. The van der Waals surface area contributed by atoms with Gasteiger partial charge in [-0.25, -0.2) is 0 Å². The first-order chi connectivity index (χ1) is 13.1. The van der Waals surface area contributed by atoms with Crippen molar-refractivity contribution in [2.45, 2.75) is 0 Å². The van der Waals surface area contributed by atoms with Gasteiger partial charge in [-0.15, -0.1) is 10.2 Å². The Morgan fingerprint density at radius 2 is 1.85 bits per heavy atom. The van der Waals surface area contributed by atoms with E-state index in [1.807, 2.05) is 50.8 Å². The van der Waals surface area contributed by atoms with Gasteiger partial charge >= 0.3 is 0 Å². The summed E-state index contributed by atoms with van der Waals surface area (Å²) < 4.78 is 5.26. The second kappa shape index (κ2) is 5.60. The molecule has 1 aromatic carbocycles. The fourth-order valence-corrected chi connectivity index (χ4v) is 3.15. The molecular formula is C19H16N8. The van der Waals surface area contributed by atoms with Gasteiger partial charge in [0.1, 0.15) is 0 Å². The van der Waals surface area contributed by atoms with Gasteiger partial charge in [-0.2, -0.15) is 19.8 Å². The topological polar surface area (TPSA) is 78.7 Å². The molecule has 8 nitrogen and oxygen atoms in total. The Kier molecular flexibility index (Phi) is 3.20. The summed E-state index contributed by atoms with van der Waals surface area (Å²) in [6.07, 6.45) is 5.68. The van der Waals surface area contributed by atoms with E-state index in [1.165, 1.54) is 0 Å². The molecule has 0 atom stereocenters. The van der Waals surface area contributed by atoms with Crippen molar-refractivity contribution in [1.29, 1.82) is 0 Å². The van der Waals surface area contributed by atoms with Crippen LogP contribution in [0.2, 0.25) is 0 Å². The van der Waals surface area contributed by atoms with Crippen LogP contribution >= 0.6 is 0 Å². The zero-order valence-electron chi connectivity index (χ0n) is 14.9. The van der Waals surface area contributed by atoms with Crippen molar-refractivity contribution in [3.8, 4) is 11.3 Å². The molecule has 0 aliphatic heterocycles. The van der Waals surface area contributed by atoms with E-state index in [9.17, 15) is 0 Å². The predicted octanol–water partition coefficient (Wildman–Crippen LogP) is 2.47. The first-order valence-corrected chi connectivity index (χ1v) is 8.43. The fraction of sp³-hybridized carbons (Fsp3) is 0.105. The van der Waals surface area contributed by atoms with Crippen molar-refractivity contribution in [1.82, 2.24) is 39.4 Å². The fourth-order valence-electron chi connectivity index (χ4n) is 3.15. The zero-order valence-corrected chi connectivity index (χ0v) is 14.9. The highest BCUT2D eigenvalue weighted by Gasteiger charge is 2.14. The lowest BCUT2D eigenvalue weighted by atomic mass is 10.1. The summed E-state index contributed by atoms with van der Waals surface area (Å²) in [5.74, 6) is 0.610. The van der Waals surface area contributed by atoms with Gasteiger partial charge < -0.3 is 0 Å². The molecule has 5 rings (SSSR count). The van der Waals surface area contributed by atoms with Crippen LogP contribution in [0.4, 0.5) is 0 Å². The summed E-state index contributed by atoms with van der Waals surface area (Å²) >= 11 is 0. The summed E-state index contributed by atoms with van der Waals surface area (Å²) in [5.41, 5.74) is 5.05. The van der Waals surface area contributed by atoms with Gasteiger partial charge in [0.15, 0.2) is 11.5 Å². The molecular weight excluding hydrogens is 340 g/mol. The molecule has 0 bridgehead atoms. The molecule has 0 aliphatic rings. The molecule has 4 heterocycles. The molecule has 0 fully saturated rings. The van der Waals surface area contributed by atoms with Crippen molar-refractivity contribution >= 4 is 22.1 Å². The van der Waals surface area contributed by atoms with Gasteiger partial charge in [-0.1, -0.05) is 12.6 Å². The molecule has 4 aromatic heterocycles. The predicted molar refractivity (Wildman–Crippen MR) is 102 cm³/mol. The van der Waals surface area contributed by atoms with Crippen LogP contribution in [0.3, 0.4) is 0 Å². The minimum absolute atomic E-state index is 0.610. The summed E-state index contributed by atoms with van der Waals surface area (Å²) in [6, 6.07) is 9.83. The number of fused-ring (bicyclic) bond motifs is 2. The first kappa shape index (κ1) is 15.4. The minimum atomic E-state index is 0.610. The molecule has 0 spiro atoms. The molecule has 0 radical (unpaired) electrons. The van der Waals surface area contributed by atoms with Crippen LogP contribution in [0, 0.1) is 0 Å². The number of rotatable bonds is 3. The molecule has 5 aromatic rings. The summed E-state index contributed by atoms with van der Waals surface area (Å²) in [4.78, 5) is 0. The molecule has 0 N–H and O–H groups in total. The monoisotopic (exact) mass is 356 g/mol. The van der Waals surface area contributed by atoms with Crippen molar-refractivity contribution in [2.24, 2.45) is 14.1 Å². The van der Waals surface area contributed by atoms with Crippen LogP contribution in [0.1, 0.15) is 11.4 Å². The lowest BCUT2D eigenvalue weighted by Crippen LogP contribution is -2.00. The molecule has 0 unspecified atom stereocenters. The van der Waals surface area contributed by atoms with Crippen LogP contribution in [0.5, 0.6) is 0 Å². The van der Waals surface area contributed by atoms with E-state index in [0.717, 1.165) is 33.3 Å². The van der Waals surface area contributed by atoms with E-state index in [-0.39, 0.29) is 0 Å². The zero-order chi connectivity index (χ0) is 18.5. The molecule has 0 aliphatic carbocycles. The number of nitrogens with zero attached hydrogens (tertiary/aromatic N) is 8. The third-order valence-corrected chi connectivity index (χ3v) is 4.50. The highest BCUT2D eigenvalue weighted by atomic mass is 15.4. The molecule has 27 heavy (non-hydrogen) atoms. The largest absolute Gasteiger partial charge is 0.275 e.